The van der Waals surface area contributed by atoms with E-state index in [1.54, 1.807) is 32.4 Å². The topological polar surface area (TPSA) is 80.1 Å². The number of carboxylic acid groups (broad SMARTS) is 1. The smallest absolute Gasteiger partial charge is 0.341 e. The number of aliphatic carboxylic acids is 1. The maximum Gasteiger partial charge on any atom is 0.341 e. The van der Waals surface area contributed by atoms with Crippen LogP contribution in [-0.2, 0) is 14.9 Å². The number of nitrogens with one attached hydrogen (secondary N) is 1. The third-order valence-electron chi connectivity index (χ3n) is 7.36. The number of rotatable bonds is 6. The Hall–Kier alpha value is -3.26. The molecule has 0 aliphatic heterocycles. The highest BCUT2D eigenvalue weighted by molar-refractivity contribution is 5.99. The van der Waals surface area contributed by atoms with Crippen LogP contribution in [0.2, 0.25) is 0 Å². The molecule has 0 saturated heterocycles. The lowest BCUT2D eigenvalue weighted by molar-refractivity contribution is -0.150. The van der Waals surface area contributed by atoms with Crippen molar-refractivity contribution >= 4 is 27.8 Å². The van der Waals surface area contributed by atoms with Crippen LogP contribution in [0.15, 0.2) is 36.5 Å². The standard InChI is InChI=1S/C27H29F2N3O3/c1-15-9-18(5-6-20(15)28)32-22-10-17-13-30-31-21(17)11-19(22)23(24(32)26(2,3)14-35-4)16-7-8-27(29,12-16)25(33)34/h5-6,9-11,13,16H,7-8,12,14H2,1-4H3,(H,30,31)(H,33,34)/t16-,27+/m1/s1. The summed E-state index contributed by atoms with van der Waals surface area (Å²) < 4.78 is 37.2. The monoisotopic (exact) mass is 481 g/mol. The summed E-state index contributed by atoms with van der Waals surface area (Å²) in [6, 6.07) is 9.02. The molecule has 1 aliphatic rings. The number of halogens is 2. The molecule has 8 heteroatoms. The van der Waals surface area contributed by atoms with Gasteiger partial charge in [-0.3, -0.25) is 5.10 Å². The maximum absolute atomic E-state index is 15.3. The number of aromatic amines is 1. The van der Waals surface area contributed by atoms with Crippen molar-refractivity contribution in [2.75, 3.05) is 13.7 Å². The number of hydrogen-bond acceptors (Lipinski definition) is 3. The van der Waals surface area contributed by atoms with Crippen LogP contribution in [0.1, 0.15) is 55.8 Å². The third kappa shape index (κ3) is 3.71. The first-order valence-electron chi connectivity index (χ1n) is 11.8. The Labute approximate surface area is 201 Å². The van der Waals surface area contributed by atoms with Crippen molar-refractivity contribution in [3.8, 4) is 5.69 Å². The Morgan fingerprint density at radius 3 is 2.77 bits per heavy atom. The van der Waals surface area contributed by atoms with Crippen molar-refractivity contribution in [1.82, 2.24) is 14.8 Å². The summed E-state index contributed by atoms with van der Waals surface area (Å²) in [5.41, 5.74) is 2.08. The van der Waals surface area contributed by atoms with Gasteiger partial charge in [0.1, 0.15) is 5.82 Å². The van der Waals surface area contributed by atoms with Crippen LogP contribution < -0.4 is 0 Å². The Balaban J connectivity index is 1.88. The van der Waals surface area contributed by atoms with Gasteiger partial charge in [0, 0.05) is 34.7 Å². The van der Waals surface area contributed by atoms with Crippen molar-refractivity contribution in [3.63, 3.8) is 0 Å². The second-order valence-electron chi connectivity index (χ2n) is 10.4. The maximum atomic E-state index is 15.3. The molecule has 2 aromatic heterocycles. The molecule has 184 valence electrons. The van der Waals surface area contributed by atoms with Crippen LogP contribution in [-0.4, -0.2) is 45.2 Å². The summed E-state index contributed by atoms with van der Waals surface area (Å²) >= 11 is 0. The number of carbonyl (C=O) groups is 1. The minimum absolute atomic E-state index is 0.0359. The van der Waals surface area contributed by atoms with Gasteiger partial charge >= 0.3 is 5.97 Å². The molecule has 1 aliphatic carbocycles. The predicted octanol–water partition coefficient (Wildman–Crippen LogP) is 5.94. The van der Waals surface area contributed by atoms with Crippen LogP contribution in [0.25, 0.3) is 27.5 Å². The van der Waals surface area contributed by atoms with Crippen molar-refractivity contribution in [1.29, 1.82) is 0 Å². The minimum Gasteiger partial charge on any atom is -0.479 e. The molecule has 5 rings (SSSR count). The molecule has 35 heavy (non-hydrogen) atoms. The van der Waals surface area contributed by atoms with Crippen molar-refractivity contribution in [2.45, 2.75) is 57.0 Å². The summed E-state index contributed by atoms with van der Waals surface area (Å²) in [6.45, 7) is 6.23. The number of benzene rings is 2. The number of fused-ring (bicyclic) bond motifs is 2. The quantitative estimate of drug-likeness (QED) is 0.357. The fourth-order valence-corrected chi connectivity index (χ4v) is 5.73. The molecule has 0 amide bonds. The predicted molar refractivity (Wildman–Crippen MR) is 131 cm³/mol. The van der Waals surface area contributed by atoms with Crippen molar-refractivity contribution < 1.29 is 23.4 Å². The highest BCUT2D eigenvalue weighted by Crippen LogP contribution is 2.50. The largest absolute Gasteiger partial charge is 0.479 e. The van der Waals surface area contributed by atoms with Gasteiger partial charge in [-0.25, -0.2) is 13.6 Å². The van der Waals surface area contributed by atoms with E-state index in [4.69, 9.17) is 4.74 Å². The van der Waals surface area contributed by atoms with E-state index in [0.29, 0.717) is 18.6 Å². The molecule has 2 N–H and O–H groups in total. The normalized spacial score (nSPS) is 20.8. The molecule has 6 nitrogen and oxygen atoms in total. The third-order valence-corrected chi connectivity index (χ3v) is 7.36. The minimum atomic E-state index is -2.26. The van der Waals surface area contributed by atoms with Crippen LogP contribution in [0.4, 0.5) is 8.78 Å². The zero-order valence-corrected chi connectivity index (χ0v) is 20.3. The fourth-order valence-electron chi connectivity index (χ4n) is 5.73. The number of ether oxygens (including phenoxy) is 1. The summed E-state index contributed by atoms with van der Waals surface area (Å²) in [6.07, 6.45) is 2.03. The van der Waals surface area contributed by atoms with Gasteiger partial charge in [-0.05, 0) is 73.6 Å². The second kappa shape index (κ2) is 8.16. The summed E-state index contributed by atoms with van der Waals surface area (Å²) in [4.78, 5) is 11.7. The molecule has 2 aromatic carbocycles. The lowest BCUT2D eigenvalue weighted by atomic mass is 9.82. The molecule has 2 atom stereocenters. The molecule has 0 bridgehead atoms. The highest BCUT2D eigenvalue weighted by atomic mass is 19.1. The van der Waals surface area contributed by atoms with Crippen molar-refractivity contribution in [3.05, 3.63) is 59.2 Å². The van der Waals surface area contributed by atoms with E-state index in [0.717, 1.165) is 38.8 Å². The van der Waals surface area contributed by atoms with Crippen molar-refractivity contribution in [2.24, 2.45) is 0 Å². The molecule has 0 unspecified atom stereocenters. The van der Waals surface area contributed by atoms with Gasteiger partial charge in [0.05, 0.1) is 23.8 Å². The van der Waals surface area contributed by atoms with E-state index < -0.39 is 17.1 Å². The van der Waals surface area contributed by atoms with Gasteiger partial charge < -0.3 is 14.4 Å². The molecular formula is C27H29F2N3O3. The first-order chi connectivity index (χ1) is 16.6. The average Bonchev–Trinajstić information content (AvgIpc) is 3.50. The molecular weight excluding hydrogens is 452 g/mol. The SMILES string of the molecule is COCC(C)(C)c1c([C@@H]2CC[C@@](F)(C(=O)O)C2)c2cc3[nH]ncc3cc2n1-c1ccc(F)c(C)c1. The van der Waals surface area contributed by atoms with Gasteiger partial charge in [-0.1, -0.05) is 13.8 Å². The van der Waals surface area contributed by atoms with Crippen LogP contribution in [0, 0.1) is 12.7 Å². The van der Waals surface area contributed by atoms with Gasteiger partial charge in [0.15, 0.2) is 0 Å². The summed E-state index contributed by atoms with van der Waals surface area (Å²) in [5.74, 6) is -2.00. The molecule has 1 fully saturated rings. The number of methoxy groups -OCH3 is 1. The number of aryl methyl sites for hydroxylation is 1. The van der Waals surface area contributed by atoms with E-state index >= 15 is 4.39 Å². The van der Waals surface area contributed by atoms with Gasteiger partial charge in [-0.2, -0.15) is 5.10 Å². The Morgan fingerprint density at radius 1 is 1.34 bits per heavy atom. The zero-order chi connectivity index (χ0) is 25.1. The fraction of sp³-hybridized carbons (Fsp3) is 0.407. The zero-order valence-electron chi connectivity index (χ0n) is 20.3. The number of carboxylic acids is 1. The average molecular weight is 482 g/mol. The van der Waals surface area contributed by atoms with E-state index in [-0.39, 0.29) is 24.6 Å². The number of hydrogen-bond donors (Lipinski definition) is 2. The molecule has 1 saturated carbocycles. The number of nitrogens with zero attached hydrogens (tertiary/aromatic N) is 2. The Morgan fingerprint density at radius 2 is 2.11 bits per heavy atom. The van der Waals surface area contributed by atoms with Gasteiger partial charge in [0.25, 0.3) is 0 Å². The lowest BCUT2D eigenvalue weighted by Crippen LogP contribution is -2.31. The van der Waals surface area contributed by atoms with Gasteiger partial charge in [0.2, 0.25) is 5.67 Å². The number of alkyl halides is 1. The van der Waals surface area contributed by atoms with E-state index in [9.17, 15) is 14.3 Å². The Kier molecular flexibility index (Phi) is 5.47. The van der Waals surface area contributed by atoms with Crippen LogP contribution >= 0.6 is 0 Å². The molecule has 4 aromatic rings. The number of H-pyrrole nitrogens is 1. The first kappa shape index (κ1) is 23.5. The number of aromatic nitrogens is 3. The summed E-state index contributed by atoms with van der Waals surface area (Å²) in [5, 5.41) is 18.6. The van der Waals surface area contributed by atoms with E-state index in [1.165, 1.54) is 6.07 Å². The van der Waals surface area contributed by atoms with Gasteiger partial charge in [-0.15, -0.1) is 0 Å². The summed E-state index contributed by atoms with van der Waals surface area (Å²) in [7, 11) is 1.64. The van der Waals surface area contributed by atoms with E-state index in [1.807, 2.05) is 12.1 Å². The van der Waals surface area contributed by atoms with Crippen LogP contribution in [0.3, 0.4) is 0 Å². The Bertz CT molecular complexity index is 1460. The second-order valence-corrected chi connectivity index (χ2v) is 10.4. The molecule has 0 spiro atoms. The van der Waals surface area contributed by atoms with Crippen LogP contribution in [0.5, 0.6) is 0 Å². The lowest BCUT2D eigenvalue weighted by Gasteiger charge is -2.30. The first-order valence-corrected chi connectivity index (χ1v) is 11.8. The molecule has 2 heterocycles. The molecule has 0 radical (unpaired) electrons. The highest BCUT2D eigenvalue weighted by Gasteiger charge is 2.48. The van der Waals surface area contributed by atoms with E-state index in [2.05, 4.69) is 28.6 Å².